The zero-order valence-electron chi connectivity index (χ0n) is 8.03. The first-order valence-electron chi connectivity index (χ1n) is 4.64. The van der Waals surface area contributed by atoms with Gasteiger partial charge in [-0.15, -0.1) is 11.6 Å². The Balaban J connectivity index is 2.10. The molecule has 1 aliphatic rings. The minimum absolute atomic E-state index is 0.0250. The minimum atomic E-state index is -4.22. The van der Waals surface area contributed by atoms with Gasteiger partial charge in [-0.3, -0.25) is 0 Å². The molecule has 1 nitrogen and oxygen atoms in total. The summed E-state index contributed by atoms with van der Waals surface area (Å²) in [5, 5.41) is 0.0250. The fraction of sp³-hybridized carbons (Fsp3) is 1.00. The van der Waals surface area contributed by atoms with Gasteiger partial charge >= 0.3 is 6.18 Å². The van der Waals surface area contributed by atoms with E-state index in [9.17, 15) is 13.2 Å². The highest BCUT2D eigenvalue weighted by Crippen LogP contribution is 2.53. The first-order valence-corrected chi connectivity index (χ1v) is 5.08. The van der Waals surface area contributed by atoms with Gasteiger partial charge in [0, 0.05) is 12.0 Å². The molecule has 14 heavy (non-hydrogen) atoms. The topological polar surface area (TPSA) is 9.23 Å². The summed E-state index contributed by atoms with van der Waals surface area (Å²) in [6.45, 7) is 0.884. The normalized spacial score (nSPS) is 22.1. The van der Waals surface area contributed by atoms with Crippen LogP contribution in [0.5, 0.6) is 0 Å². The van der Waals surface area contributed by atoms with Gasteiger partial charge in [0.25, 0.3) is 0 Å². The molecule has 84 valence electrons. The van der Waals surface area contributed by atoms with Crippen LogP contribution >= 0.6 is 11.6 Å². The molecular formula is C9H14ClF3O. The quantitative estimate of drug-likeness (QED) is 0.520. The summed E-state index contributed by atoms with van der Waals surface area (Å²) in [5.74, 6) is 0. The van der Waals surface area contributed by atoms with Crippen LogP contribution in [0.15, 0.2) is 0 Å². The second-order valence-corrected chi connectivity index (χ2v) is 4.55. The molecule has 0 aromatic heterocycles. The minimum Gasteiger partial charge on any atom is -0.372 e. The standard InChI is InChI=1S/C9H14ClF3O/c1-7(10)8(2-3-8)4-5-14-6-9(11,12)13/h7H,2-6H2,1H3. The molecule has 0 radical (unpaired) electrons. The summed E-state index contributed by atoms with van der Waals surface area (Å²) in [6.07, 6.45) is -1.57. The molecule has 1 atom stereocenters. The number of hydrogen-bond donors (Lipinski definition) is 0. The Morgan fingerprint density at radius 3 is 2.36 bits per heavy atom. The predicted molar refractivity (Wildman–Crippen MR) is 48.5 cm³/mol. The third-order valence-electron chi connectivity index (χ3n) is 2.75. The van der Waals surface area contributed by atoms with Crippen molar-refractivity contribution in [3.05, 3.63) is 0 Å². The van der Waals surface area contributed by atoms with Crippen LogP contribution in [0.4, 0.5) is 13.2 Å². The molecule has 0 aromatic carbocycles. The van der Waals surface area contributed by atoms with Gasteiger partial charge in [0.05, 0.1) is 0 Å². The Hall–Kier alpha value is 0.0400. The molecule has 0 saturated heterocycles. The fourth-order valence-electron chi connectivity index (χ4n) is 1.47. The number of alkyl halides is 4. The van der Waals surface area contributed by atoms with Crippen LogP contribution < -0.4 is 0 Å². The highest BCUT2D eigenvalue weighted by molar-refractivity contribution is 6.21. The van der Waals surface area contributed by atoms with Crippen molar-refractivity contribution in [2.75, 3.05) is 13.2 Å². The summed E-state index contributed by atoms with van der Waals surface area (Å²) in [5.41, 5.74) is 0.0488. The largest absolute Gasteiger partial charge is 0.411 e. The van der Waals surface area contributed by atoms with Gasteiger partial charge in [0.15, 0.2) is 0 Å². The lowest BCUT2D eigenvalue weighted by Crippen LogP contribution is -2.20. The zero-order chi connectivity index (χ0) is 10.8. The summed E-state index contributed by atoms with van der Waals surface area (Å²) >= 11 is 5.92. The second-order valence-electron chi connectivity index (χ2n) is 3.90. The van der Waals surface area contributed by atoms with E-state index < -0.39 is 12.8 Å². The summed E-state index contributed by atoms with van der Waals surface area (Å²) < 4.78 is 39.6. The van der Waals surface area contributed by atoms with Gasteiger partial charge < -0.3 is 4.74 Å². The van der Waals surface area contributed by atoms with Crippen LogP contribution in [0.25, 0.3) is 0 Å². The van der Waals surface area contributed by atoms with Crippen molar-refractivity contribution in [2.45, 2.75) is 37.7 Å². The van der Waals surface area contributed by atoms with E-state index in [1.807, 2.05) is 6.92 Å². The van der Waals surface area contributed by atoms with Crippen LogP contribution in [-0.4, -0.2) is 24.8 Å². The lowest BCUT2D eigenvalue weighted by Gasteiger charge is -2.17. The molecule has 0 spiro atoms. The van der Waals surface area contributed by atoms with Crippen molar-refractivity contribution in [3.8, 4) is 0 Å². The lowest BCUT2D eigenvalue weighted by atomic mass is 9.99. The van der Waals surface area contributed by atoms with E-state index in [-0.39, 0.29) is 17.4 Å². The van der Waals surface area contributed by atoms with E-state index in [2.05, 4.69) is 4.74 Å². The lowest BCUT2D eigenvalue weighted by molar-refractivity contribution is -0.174. The molecule has 0 aromatic rings. The number of rotatable bonds is 5. The molecule has 0 amide bonds. The van der Waals surface area contributed by atoms with Crippen molar-refractivity contribution >= 4 is 11.6 Å². The van der Waals surface area contributed by atoms with Gasteiger partial charge in [-0.1, -0.05) is 0 Å². The summed E-state index contributed by atoms with van der Waals surface area (Å²) in [7, 11) is 0. The van der Waals surface area contributed by atoms with E-state index in [4.69, 9.17) is 11.6 Å². The molecule has 1 fully saturated rings. The molecule has 0 aliphatic heterocycles. The van der Waals surface area contributed by atoms with Crippen molar-refractivity contribution in [1.29, 1.82) is 0 Å². The van der Waals surface area contributed by atoms with Crippen LogP contribution in [0.1, 0.15) is 26.2 Å². The smallest absolute Gasteiger partial charge is 0.372 e. The number of halogens is 4. The first kappa shape index (κ1) is 12.1. The number of ether oxygens (including phenoxy) is 1. The Bertz CT molecular complexity index is 187. The van der Waals surface area contributed by atoms with E-state index in [0.29, 0.717) is 6.42 Å². The monoisotopic (exact) mass is 230 g/mol. The van der Waals surface area contributed by atoms with Gasteiger partial charge in [-0.2, -0.15) is 13.2 Å². The van der Waals surface area contributed by atoms with Crippen molar-refractivity contribution in [3.63, 3.8) is 0 Å². The van der Waals surface area contributed by atoms with E-state index in [1.54, 1.807) is 0 Å². The van der Waals surface area contributed by atoms with Crippen LogP contribution in [0.2, 0.25) is 0 Å². The summed E-state index contributed by atoms with van der Waals surface area (Å²) in [6, 6.07) is 0. The molecule has 1 unspecified atom stereocenters. The highest BCUT2D eigenvalue weighted by Gasteiger charge is 2.46. The fourth-order valence-corrected chi connectivity index (χ4v) is 1.80. The van der Waals surface area contributed by atoms with E-state index in [1.165, 1.54) is 0 Å². The Morgan fingerprint density at radius 2 is 2.00 bits per heavy atom. The molecule has 1 saturated carbocycles. The van der Waals surface area contributed by atoms with Crippen LogP contribution in [-0.2, 0) is 4.74 Å². The van der Waals surface area contributed by atoms with Gasteiger partial charge in [-0.05, 0) is 31.6 Å². The second kappa shape index (κ2) is 4.27. The van der Waals surface area contributed by atoms with Crippen molar-refractivity contribution in [2.24, 2.45) is 5.41 Å². The van der Waals surface area contributed by atoms with Gasteiger partial charge in [-0.25, -0.2) is 0 Å². The molecule has 1 rings (SSSR count). The van der Waals surface area contributed by atoms with Crippen LogP contribution in [0, 0.1) is 5.41 Å². The van der Waals surface area contributed by atoms with E-state index >= 15 is 0 Å². The highest BCUT2D eigenvalue weighted by atomic mass is 35.5. The molecular weight excluding hydrogens is 217 g/mol. The zero-order valence-corrected chi connectivity index (χ0v) is 8.79. The van der Waals surface area contributed by atoms with E-state index in [0.717, 1.165) is 12.8 Å². The third kappa shape index (κ3) is 3.65. The Labute approximate surface area is 86.6 Å². The first-order chi connectivity index (χ1) is 6.36. The third-order valence-corrected chi connectivity index (χ3v) is 3.21. The molecule has 0 N–H and O–H groups in total. The van der Waals surface area contributed by atoms with Crippen molar-refractivity contribution in [1.82, 2.24) is 0 Å². The maximum Gasteiger partial charge on any atom is 0.411 e. The predicted octanol–water partition coefficient (Wildman–Crippen LogP) is 3.36. The molecule has 5 heteroatoms. The maximum absolute atomic E-state index is 11.7. The SMILES string of the molecule is CC(Cl)C1(CCOCC(F)(F)F)CC1. The number of hydrogen-bond acceptors (Lipinski definition) is 1. The average molecular weight is 231 g/mol. The van der Waals surface area contributed by atoms with Gasteiger partial charge in [0.2, 0.25) is 0 Å². The molecule has 0 bridgehead atoms. The Kier molecular flexibility index (Phi) is 3.69. The van der Waals surface area contributed by atoms with Crippen LogP contribution in [0.3, 0.4) is 0 Å². The molecule has 0 heterocycles. The Morgan fingerprint density at radius 1 is 1.43 bits per heavy atom. The molecule has 1 aliphatic carbocycles. The van der Waals surface area contributed by atoms with Gasteiger partial charge in [0.1, 0.15) is 6.61 Å². The average Bonchev–Trinajstić information content (AvgIpc) is 2.77. The summed E-state index contributed by atoms with van der Waals surface area (Å²) in [4.78, 5) is 0. The maximum atomic E-state index is 11.7. The van der Waals surface area contributed by atoms with Crippen molar-refractivity contribution < 1.29 is 17.9 Å².